The molecule has 37 heavy (non-hydrogen) atoms. The van der Waals surface area contributed by atoms with Crippen LogP contribution in [0.4, 0.5) is 0 Å². The van der Waals surface area contributed by atoms with Gasteiger partial charge in [-0.05, 0) is 90.0 Å². The van der Waals surface area contributed by atoms with Crippen molar-refractivity contribution in [3.63, 3.8) is 0 Å². The number of carbonyl (C=O) groups is 2. The predicted octanol–water partition coefficient (Wildman–Crippen LogP) is 7.80. The first-order chi connectivity index (χ1) is 17.5. The Balaban J connectivity index is 1.96. The molecule has 3 heteroatoms. The monoisotopic (exact) mass is 498 g/mol. The van der Waals surface area contributed by atoms with Gasteiger partial charge in [0.1, 0.15) is 0 Å². The number of aliphatic hydroxyl groups excluding tert-OH is 1. The highest BCUT2D eigenvalue weighted by atomic mass is 16.3. The van der Waals surface area contributed by atoms with E-state index in [-0.39, 0.29) is 16.9 Å². The third kappa shape index (κ3) is 6.10. The Morgan fingerprint density at radius 3 is 2.05 bits per heavy atom. The Morgan fingerprint density at radius 1 is 0.892 bits per heavy atom. The van der Waals surface area contributed by atoms with Gasteiger partial charge in [0.25, 0.3) is 0 Å². The molecule has 0 heterocycles. The standard InChI is InChI=1S/C34H42O3/c1-8-34(9-2,28-15-13-25(23(3)19-28)14-18-32(37)33(5,6)7)29-16-17-30(24(4)20-29)26-11-10-12-27(21-26)31(36)22-35/h10-13,15-17,19-22,32,37H,8-9,14,18H2,1-7H3. The molecule has 0 spiro atoms. The lowest BCUT2D eigenvalue weighted by molar-refractivity contribution is -0.104. The quantitative estimate of drug-likeness (QED) is 0.176. The van der Waals surface area contributed by atoms with E-state index >= 15 is 0 Å². The van der Waals surface area contributed by atoms with Crippen LogP contribution in [0.2, 0.25) is 0 Å². The van der Waals surface area contributed by atoms with Crippen LogP contribution in [0.1, 0.15) is 92.1 Å². The van der Waals surface area contributed by atoms with Crippen molar-refractivity contribution >= 4 is 12.1 Å². The summed E-state index contributed by atoms with van der Waals surface area (Å²) in [6.07, 6.45) is 3.63. The molecular formula is C34H42O3. The third-order valence-corrected chi connectivity index (χ3v) is 8.13. The summed E-state index contributed by atoms with van der Waals surface area (Å²) in [6, 6.07) is 20.8. The van der Waals surface area contributed by atoms with E-state index in [4.69, 9.17) is 0 Å². The molecule has 3 aromatic carbocycles. The van der Waals surface area contributed by atoms with Crippen molar-refractivity contribution in [2.24, 2.45) is 5.41 Å². The van der Waals surface area contributed by atoms with E-state index in [1.54, 1.807) is 12.1 Å². The second-order valence-electron chi connectivity index (χ2n) is 11.4. The molecule has 0 amide bonds. The zero-order chi connectivity index (χ0) is 27.4. The fourth-order valence-corrected chi connectivity index (χ4v) is 5.43. The fourth-order valence-electron chi connectivity index (χ4n) is 5.43. The van der Waals surface area contributed by atoms with E-state index in [1.165, 1.54) is 22.3 Å². The average molecular weight is 499 g/mol. The molecule has 1 unspecified atom stereocenters. The van der Waals surface area contributed by atoms with Gasteiger partial charge in [0.05, 0.1) is 6.10 Å². The summed E-state index contributed by atoms with van der Waals surface area (Å²) in [5.41, 5.74) is 8.52. The number of aryl methyl sites for hydroxylation is 3. The van der Waals surface area contributed by atoms with Crippen molar-refractivity contribution in [3.8, 4) is 11.1 Å². The van der Waals surface area contributed by atoms with Crippen LogP contribution in [-0.2, 0) is 16.6 Å². The first-order valence-electron chi connectivity index (χ1n) is 13.5. The van der Waals surface area contributed by atoms with E-state index in [9.17, 15) is 14.7 Å². The molecular weight excluding hydrogens is 456 g/mol. The van der Waals surface area contributed by atoms with Gasteiger partial charge in [-0.25, -0.2) is 0 Å². The molecule has 3 aromatic rings. The number of carbonyl (C=O) groups excluding carboxylic acids is 2. The summed E-state index contributed by atoms with van der Waals surface area (Å²) in [7, 11) is 0. The van der Waals surface area contributed by atoms with E-state index in [0.29, 0.717) is 11.8 Å². The number of benzene rings is 3. The van der Waals surface area contributed by atoms with Crippen LogP contribution in [0.15, 0.2) is 60.7 Å². The normalized spacial score (nSPS) is 12.9. The fraction of sp³-hybridized carbons (Fsp3) is 0.412. The van der Waals surface area contributed by atoms with Gasteiger partial charge in [0, 0.05) is 11.0 Å². The number of aliphatic hydroxyl groups is 1. The number of aldehydes is 1. The second-order valence-corrected chi connectivity index (χ2v) is 11.4. The molecule has 3 rings (SSSR count). The molecule has 1 atom stereocenters. The maximum absolute atomic E-state index is 11.9. The third-order valence-electron chi connectivity index (χ3n) is 8.13. The summed E-state index contributed by atoms with van der Waals surface area (Å²) in [6.45, 7) is 15.0. The van der Waals surface area contributed by atoms with Crippen LogP contribution in [0.25, 0.3) is 11.1 Å². The number of Topliss-reactive ketones (excluding diaryl/α,β-unsaturated/α-hetero) is 1. The SMILES string of the molecule is CCC(CC)(c1ccc(CCC(O)C(C)(C)C)c(C)c1)c1ccc(-c2cccc(C(=O)C=O)c2)c(C)c1. The Hall–Kier alpha value is -3.04. The topological polar surface area (TPSA) is 54.4 Å². The summed E-state index contributed by atoms with van der Waals surface area (Å²) >= 11 is 0. The molecule has 0 fully saturated rings. The predicted molar refractivity (Wildman–Crippen MR) is 153 cm³/mol. The average Bonchev–Trinajstić information content (AvgIpc) is 2.88. The lowest BCUT2D eigenvalue weighted by atomic mass is 9.69. The van der Waals surface area contributed by atoms with Crippen molar-refractivity contribution in [2.75, 3.05) is 0 Å². The van der Waals surface area contributed by atoms with Gasteiger partial charge in [0.2, 0.25) is 5.78 Å². The van der Waals surface area contributed by atoms with Crippen LogP contribution < -0.4 is 0 Å². The zero-order valence-corrected chi connectivity index (χ0v) is 23.5. The van der Waals surface area contributed by atoms with Gasteiger partial charge >= 0.3 is 0 Å². The number of hydrogen-bond donors (Lipinski definition) is 1. The maximum Gasteiger partial charge on any atom is 0.225 e. The van der Waals surface area contributed by atoms with Crippen molar-refractivity contribution in [3.05, 3.63) is 94.0 Å². The molecule has 0 bridgehead atoms. The lowest BCUT2D eigenvalue weighted by Crippen LogP contribution is -2.27. The number of rotatable bonds is 10. The highest BCUT2D eigenvalue weighted by molar-refractivity contribution is 6.33. The van der Waals surface area contributed by atoms with Gasteiger partial charge in [-0.2, -0.15) is 0 Å². The summed E-state index contributed by atoms with van der Waals surface area (Å²) in [5.74, 6) is -0.501. The summed E-state index contributed by atoms with van der Waals surface area (Å²) < 4.78 is 0. The molecule has 0 aliphatic carbocycles. The van der Waals surface area contributed by atoms with E-state index in [0.717, 1.165) is 42.4 Å². The molecule has 0 radical (unpaired) electrons. The maximum atomic E-state index is 11.9. The zero-order valence-electron chi connectivity index (χ0n) is 23.5. The first-order valence-corrected chi connectivity index (χ1v) is 13.5. The number of ketones is 1. The van der Waals surface area contributed by atoms with E-state index < -0.39 is 5.78 Å². The van der Waals surface area contributed by atoms with Crippen molar-refractivity contribution in [2.45, 2.75) is 85.7 Å². The molecule has 1 N–H and O–H groups in total. The Kier molecular flexibility index (Phi) is 8.92. The van der Waals surface area contributed by atoms with Gasteiger partial charge < -0.3 is 5.11 Å². The second kappa shape index (κ2) is 11.6. The minimum Gasteiger partial charge on any atom is -0.393 e. The highest BCUT2D eigenvalue weighted by Gasteiger charge is 2.31. The minimum atomic E-state index is -0.501. The Bertz CT molecular complexity index is 1260. The van der Waals surface area contributed by atoms with Gasteiger partial charge in [-0.3, -0.25) is 9.59 Å². The van der Waals surface area contributed by atoms with Crippen molar-refractivity contribution in [1.82, 2.24) is 0 Å². The highest BCUT2D eigenvalue weighted by Crippen LogP contribution is 2.41. The van der Waals surface area contributed by atoms with Crippen LogP contribution >= 0.6 is 0 Å². The van der Waals surface area contributed by atoms with Gasteiger partial charge in [0.15, 0.2) is 6.29 Å². The van der Waals surface area contributed by atoms with Gasteiger partial charge in [-0.1, -0.05) is 89.2 Å². The Morgan fingerprint density at radius 2 is 1.51 bits per heavy atom. The molecule has 196 valence electrons. The van der Waals surface area contributed by atoms with Crippen LogP contribution in [0, 0.1) is 19.3 Å². The molecule has 0 saturated heterocycles. The Labute approximate surface area is 223 Å². The van der Waals surface area contributed by atoms with Crippen molar-refractivity contribution < 1.29 is 14.7 Å². The summed E-state index contributed by atoms with van der Waals surface area (Å²) in [4.78, 5) is 22.9. The smallest absolute Gasteiger partial charge is 0.225 e. The minimum absolute atomic E-state index is 0.104. The molecule has 0 aromatic heterocycles. The first kappa shape index (κ1) is 28.5. The molecule has 0 aliphatic heterocycles. The van der Waals surface area contributed by atoms with E-state index in [2.05, 4.69) is 84.9 Å². The van der Waals surface area contributed by atoms with E-state index in [1.807, 2.05) is 12.1 Å². The van der Waals surface area contributed by atoms with Crippen LogP contribution in [0.3, 0.4) is 0 Å². The van der Waals surface area contributed by atoms with Crippen molar-refractivity contribution in [1.29, 1.82) is 0 Å². The van der Waals surface area contributed by atoms with Gasteiger partial charge in [-0.15, -0.1) is 0 Å². The largest absolute Gasteiger partial charge is 0.393 e. The van der Waals surface area contributed by atoms with Crippen LogP contribution in [-0.4, -0.2) is 23.3 Å². The lowest BCUT2D eigenvalue weighted by Gasteiger charge is -2.34. The molecule has 3 nitrogen and oxygen atoms in total. The van der Waals surface area contributed by atoms with Crippen LogP contribution in [0.5, 0.6) is 0 Å². The summed E-state index contributed by atoms with van der Waals surface area (Å²) in [5, 5.41) is 10.5. The molecule has 0 saturated carbocycles. The molecule has 0 aliphatic rings. The number of hydrogen-bond acceptors (Lipinski definition) is 3.